The van der Waals surface area contributed by atoms with Crippen molar-refractivity contribution in [1.29, 1.82) is 0 Å². The van der Waals surface area contributed by atoms with E-state index in [-0.39, 0.29) is 22.9 Å². The molecule has 0 atom stereocenters. The van der Waals surface area contributed by atoms with E-state index in [1.54, 1.807) is 24.3 Å². The highest BCUT2D eigenvalue weighted by molar-refractivity contribution is 6.05. The first-order valence-corrected chi connectivity index (χ1v) is 11.4. The number of anilines is 2. The molecule has 1 amide bonds. The number of nitro benzene ring substituents is 1. The molecule has 0 radical (unpaired) electrons. The Kier molecular flexibility index (Phi) is 5.60. The summed E-state index contributed by atoms with van der Waals surface area (Å²) in [6.45, 7) is 5.42. The van der Waals surface area contributed by atoms with E-state index in [9.17, 15) is 20.0 Å². The zero-order valence-corrected chi connectivity index (χ0v) is 19.4. The highest BCUT2D eigenvalue weighted by Crippen LogP contribution is 2.35. The SMILES string of the molecule is Cc1cc(C)c2oc(-c3cc(NC(=O)c4ccc(N5CCCC5)c([N+](=O)[O-])c4)ccc3O)nc2c1. The van der Waals surface area contributed by atoms with Gasteiger partial charge < -0.3 is 19.7 Å². The van der Waals surface area contributed by atoms with Crippen molar-refractivity contribution in [3.8, 4) is 17.2 Å². The summed E-state index contributed by atoms with van der Waals surface area (Å²) in [7, 11) is 0. The van der Waals surface area contributed by atoms with Crippen molar-refractivity contribution in [3.63, 3.8) is 0 Å². The van der Waals surface area contributed by atoms with Crippen LogP contribution in [0.2, 0.25) is 0 Å². The molecule has 3 aromatic carbocycles. The van der Waals surface area contributed by atoms with E-state index >= 15 is 0 Å². The van der Waals surface area contributed by atoms with E-state index in [4.69, 9.17) is 4.42 Å². The van der Waals surface area contributed by atoms with Gasteiger partial charge in [0.15, 0.2) is 5.58 Å². The van der Waals surface area contributed by atoms with Crippen LogP contribution in [0.5, 0.6) is 5.75 Å². The number of aromatic nitrogens is 1. The van der Waals surface area contributed by atoms with Crippen LogP contribution >= 0.6 is 0 Å². The molecule has 0 bridgehead atoms. The average molecular weight is 473 g/mol. The Morgan fingerprint density at radius 3 is 2.63 bits per heavy atom. The third-order valence-corrected chi connectivity index (χ3v) is 6.19. The number of carbonyl (C=O) groups excluding carboxylic acids is 1. The number of rotatable bonds is 5. The number of carbonyl (C=O) groups is 1. The van der Waals surface area contributed by atoms with Gasteiger partial charge in [-0.25, -0.2) is 4.98 Å². The lowest BCUT2D eigenvalue weighted by molar-refractivity contribution is -0.384. The second-order valence-electron chi connectivity index (χ2n) is 8.79. The highest BCUT2D eigenvalue weighted by Gasteiger charge is 2.24. The quantitative estimate of drug-likeness (QED) is 0.221. The molecule has 0 saturated carbocycles. The number of hydrogen-bond donors (Lipinski definition) is 2. The fraction of sp³-hybridized carbons (Fsp3) is 0.231. The molecule has 35 heavy (non-hydrogen) atoms. The maximum atomic E-state index is 12.9. The number of nitrogens with one attached hydrogen (secondary N) is 1. The first-order valence-electron chi connectivity index (χ1n) is 11.4. The molecule has 9 nitrogen and oxygen atoms in total. The van der Waals surface area contributed by atoms with Crippen molar-refractivity contribution in [3.05, 3.63) is 75.3 Å². The number of aromatic hydroxyl groups is 1. The zero-order chi connectivity index (χ0) is 24.7. The number of amides is 1. The molecule has 2 heterocycles. The van der Waals surface area contributed by atoms with Gasteiger partial charge in [0.2, 0.25) is 5.89 Å². The molecule has 1 aliphatic heterocycles. The molecule has 0 spiro atoms. The van der Waals surface area contributed by atoms with Gasteiger partial charge in [0, 0.05) is 30.4 Å². The van der Waals surface area contributed by atoms with Crippen LogP contribution in [-0.2, 0) is 0 Å². The number of benzene rings is 3. The van der Waals surface area contributed by atoms with Crippen LogP contribution in [0.15, 0.2) is 52.9 Å². The molecule has 0 aliphatic carbocycles. The second kappa shape index (κ2) is 8.75. The predicted octanol–water partition coefficient (Wildman–Crippen LogP) is 5.58. The molecule has 1 aromatic heterocycles. The first-order chi connectivity index (χ1) is 16.8. The Morgan fingerprint density at radius 1 is 1.11 bits per heavy atom. The molecule has 2 N–H and O–H groups in total. The van der Waals surface area contributed by atoms with E-state index in [0.29, 0.717) is 28.0 Å². The summed E-state index contributed by atoms with van der Waals surface area (Å²) in [6, 6.07) is 13.0. The van der Waals surface area contributed by atoms with Gasteiger partial charge in [0.1, 0.15) is 17.0 Å². The van der Waals surface area contributed by atoms with Crippen molar-refractivity contribution in [2.45, 2.75) is 26.7 Å². The number of nitro groups is 1. The second-order valence-corrected chi connectivity index (χ2v) is 8.79. The number of phenols is 1. The molecule has 178 valence electrons. The van der Waals surface area contributed by atoms with E-state index < -0.39 is 10.8 Å². The maximum absolute atomic E-state index is 12.9. The zero-order valence-electron chi connectivity index (χ0n) is 19.4. The van der Waals surface area contributed by atoms with E-state index in [2.05, 4.69) is 10.3 Å². The molecule has 1 saturated heterocycles. The van der Waals surface area contributed by atoms with Crippen molar-refractivity contribution < 1.29 is 19.2 Å². The van der Waals surface area contributed by atoms with Gasteiger partial charge in [0.05, 0.1) is 10.5 Å². The summed E-state index contributed by atoms with van der Waals surface area (Å²) in [4.78, 5) is 30.6. The molecule has 0 unspecified atom stereocenters. The van der Waals surface area contributed by atoms with Crippen LogP contribution in [0.1, 0.15) is 34.3 Å². The van der Waals surface area contributed by atoms with Crippen LogP contribution in [0, 0.1) is 24.0 Å². The monoisotopic (exact) mass is 472 g/mol. The van der Waals surface area contributed by atoms with Gasteiger partial charge >= 0.3 is 0 Å². The third-order valence-electron chi connectivity index (χ3n) is 6.19. The minimum absolute atomic E-state index is 0.0467. The third kappa shape index (κ3) is 4.28. The summed E-state index contributed by atoms with van der Waals surface area (Å²) < 4.78 is 5.91. The summed E-state index contributed by atoms with van der Waals surface area (Å²) in [5.74, 6) is -0.316. The van der Waals surface area contributed by atoms with E-state index in [1.807, 2.05) is 30.9 Å². The molecule has 4 aromatic rings. The Bertz CT molecular complexity index is 1470. The highest BCUT2D eigenvalue weighted by atomic mass is 16.6. The maximum Gasteiger partial charge on any atom is 0.293 e. The Hall–Kier alpha value is -4.40. The van der Waals surface area contributed by atoms with Crippen LogP contribution < -0.4 is 10.2 Å². The average Bonchev–Trinajstić information content (AvgIpc) is 3.50. The Balaban J connectivity index is 1.44. The molecule has 1 aliphatic rings. The van der Waals surface area contributed by atoms with Gasteiger partial charge in [-0.2, -0.15) is 0 Å². The molecule has 5 rings (SSSR count). The van der Waals surface area contributed by atoms with Crippen LogP contribution in [-0.4, -0.2) is 34.0 Å². The Labute approximate surface area is 201 Å². The number of hydrogen-bond acceptors (Lipinski definition) is 7. The fourth-order valence-corrected chi connectivity index (χ4v) is 4.52. The fourth-order valence-electron chi connectivity index (χ4n) is 4.52. The van der Waals surface area contributed by atoms with Gasteiger partial charge in [-0.15, -0.1) is 0 Å². The number of nitrogens with zero attached hydrogens (tertiary/aromatic N) is 3. The number of phenolic OH excluding ortho intramolecular Hbond substituents is 1. The largest absolute Gasteiger partial charge is 0.507 e. The first kappa shape index (κ1) is 22.4. The van der Waals surface area contributed by atoms with Gasteiger partial charge in [-0.05, 0) is 74.2 Å². The van der Waals surface area contributed by atoms with Gasteiger partial charge in [-0.3, -0.25) is 14.9 Å². The number of aryl methyl sites for hydroxylation is 2. The lowest BCUT2D eigenvalue weighted by Gasteiger charge is -2.17. The topological polar surface area (TPSA) is 122 Å². The van der Waals surface area contributed by atoms with Crippen molar-refractivity contribution in [2.24, 2.45) is 0 Å². The summed E-state index contributed by atoms with van der Waals surface area (Å²) >= 11 is 0. The summed E-state index contributed by atoms with van der Waals surface area (Å²) in [6.07, 6.45) is 1.98. The minimum atomic E-state index is -0.498. The Morgan fingerprint density at radius 2 is 1.89 bits per heavy atom. The van der Waals surface area contributed by atoms with Crippen LogP contribution in [0.25, 0.3) is 22.6 Å². The molecular formula is C26H24N4O5. The van der Waals surface area contributed by atoms with Gasteiger partial charge in [-0.1, -0.05) is 6.07 Å². The summed E-state index contributed by atoms with van der Waals surface area (Å²) in [5.41, 5.74) is 4.60. The van der Waals surface area contributed by atoms with Crippen molar-refractivity contribution in [1.82, 2.24) is 4.98 Å². The van der Waals surface area contributed by atoms with Crippen LogP contribution in [0.4, 0.5) is 17.1 Å². The predicted molar refractivity (Wildman–Crippen MR) is 133 cm³/mol. The smallest absolute Gasteiger partial charge is 0.293 e. The minimum Gasteiger partial charge on any atom is -0.507 e. The normalized spacial score (nSPS) is 13.4. The lowest BCUT2D eigenvalue weighted by atomic mass is 10.1. The van der Waals surface area contributed by atoms with Gasteiger partial charge in [0.25, 0.3) is 11.6 Å². The molecule has 1 fully saturated rings. The number of fused-ring (bicyclic) bond motifs is 1. The molecule has 9 heteroatoms. The standard InChI is InChI=1S/C26H24N4O5/c1-15-11-16(2)24-20(12-15)28-26(35-24)19-14-18(6-8-23(19)31)27-25(32)17-5-7-21(22(13-17)30(33)34)29-9-3-4-10-29/h5-8,11-14,31H,3-4,9-10H2,1-2H3,(H,27,32). The summed E-state index contributed by atoms with van der Waals surface area (Å²) in [5, 5.41) is 24.8. The van der Waals surface area contributed by atoms with Crippen molar-refractivity contribution in [2.75, 3.05) is 23.3 Å². The van der Waals surface area contributed by atoms with Crippen molar-refractivity contribution >= 4 is 34.1 Å². The van der Waals surface area contributed by atoms with Crippen LogP contribution in [0.3, 0.4) is 0 Å². The van der Waals surface area contributed by atoms with E-state index in [1.165, 1.54) is 12.1 Å². The number of oxazole rings is 1. The van der Waals surface area contributed by atoms with E-state index in [0.717, 1.165) is 37.1 Å². The molecular weight excluding hydrogens is 448 g/mol. The lowest BCUT2D eigenvalue weighted by Crippen LogP contribution is -2.19.